The fourth-order valence-corrected chi connectivity index (χ4v) is 4.18. The minimum absolute atomic E-state index is 0.195. The molecule has 1 aromatic carbocycles. The number of aromatic nitrogens is 1. The number of amides is 1. The molecule has 1 amide bonds. The number of halogens is 1. The van der Waals surface area contributed by atoms with Crippen molar-refractivity contribution < 1.29 is 14.1 Å². The normalized spacial score (nSPS) is 24.5. The zero-order valence-corrected chi connectivity index (χ0v) is 15.5. The molecule has 3 saturated heterocycles. The lowest BCUT2D eigenvalue weighted by Gasteiger charge is -2.44. The van der Waals surface area contributed by atoms with Crippen LogP contribution in [0.15, 0.2) is 28.8 Å². The van der Waals surface area contributed by atoms with Gasteiger partial charge >= 0.3 is 0 Å². The number of carbonyl (C=O) groups is 1. The van der Waals surface area contributed by atoms with Gasteiger partial charge in [-0.2, -0.15) is 0 Å². The van der Waals surface area contributed by atoms with Crippen molar-refractivity contribution in [1.29, 1.82) is 0 Å². The molecule has 3 aliphatic heterocycles. The summed E-state index contributed by atoms with van der Waals surface area (Å²) >= 11 is 6.23. The average molecular weight is 376 g/mol. The van der Waals surface area contributed by atoms with Gasteiger partial charge in [0.05, 0.1) is 12.1 Å². The summed E-state index contributed by atoms with van der Waals surface area (Å²) in [6.07, 6.45) is 2.47. The summed E-state index contributed by atoms with van der Waals surface area (Å²) < 4.78 is 10.5. The number of hydrogen-bond donors (Lipinski definition) is 1. The van der Waals surface area contributed by atoms with E-state index in [4.69, 9.17) is 20.9 Å². The summed E-state index contributed by atoms with van der Waals surface area (Å²) in [7, 11) is 1.59. The Morgan fingerprint density at radius 1 is 1.38 bits per heavy atom. The zero-order valence-electron chi connectivity index (χ0n) is 14.7. The summed E-state index contributed by atoms with van der Waals surface area (Å²) in [6.45, 7) is 4.14. The Morgan fingerprint density at radius 3 is 2.88 bits per heavy atom. The van der Waals surface area contributed by atoms with Crippen LogP contribution in [0.5, 0.6) is 5.75 Å². The highest BCUT2D eigenvalue weighted by Crippen LogP contribution is 2.32. The maximum Gasteiger partial charge on any atom is 0.289 e. The molecule has 4 heterocycles. The number of piperidine rings is 3. The van der Waals surface area contributed by atoms with Gasteiger partial charge in [-0.05, 0) is 56.0 Å². The highest BCUT2D eigenvalue weighted by molar-refractivity contribution is 6.33. The number of ether oxygens (including phenoxy) is 1. The molecule has 1 aromatic heterocycles. The van der Waals surface area contributed by atoms with Crippen molar-refractivity contribution in [2.24, 2.45) is 11.8 Å². The van der Waals surface area contributed by atoms with Gasteiger partial charge in [0.15, 0.2) is 0 Å². The van der Waals surface area contributed by atoms with Gasteiger partial charge in [0.1, 0.15) is 11.4 Å². The number of benzene rings is 1. The first-order valence-corrected chi connectivity index (χ1v) is 9.33. The molecule has 7 heteroatoms. The fourth-order valence-electron chi connectivity index (χ4n) is 3.97. The first kappa shape index (κ1) is 17.4. The Kier molecular flexibility index (Phi) is 4.87. The van der Waals surface area contributed by atoms with E-state index in [1.807, 2.05) is 0 Å². The molecule has 2 aromatic rings. The molecule has 3 aliphatic rings. The molecule has 0 saturated carbocycles. The van der Waals surface area contributed by atoms with Crippen LogP contribution in [0, 0.1) is 11.8 Å². The number of hydrogen-bond acceptors (Lipinski definition) is 5. The van der Waals surface area contributed by atoms with Crippen LogP contribution in [0.25, 0.3) is 11.3 Å². The van der Waals surface area contributed by atoms with E-state index in [1.165, 1.54) is 25.9 Å². The third kappa shape index (κ3) is 3.44. The van der Waals surface area contributed by atoms with Crippen LogP contribution in [-0.2, 0) is 0 Å². The highest BCUT2D eigenvalue weighted by atomic mass is 35.5. The number of nitrogens with one attached hydrogen (secondary N) is 1. The van der Waals surface area contributed by atoms with E-state index in [0.717, 1.165) is 12.5 Å². The van der Waals surface area contributed by atoms with Gasteiger partial charge in [0, 0.05) is 24.7 Å². The molecule has 1 unspecified atom stereocenters. The van der Waals surface area contributed by atoms with Crippen molar-refractivity contribution in [1.82, 2.24) is 15.4 Å². The van der Waals surface area contributed by atoms with Gasteiger partial charge in [-0.3, -0.25) is 4.79 Å². The van der Waals surface area contributed by atoms with Crippen LogP contribution < -0.4 is 10.1 Å². The average Bonchev–Trinajstić information content (AvgIpc) is 3.17. The molecule has 1 N–H and O–H groups in total. The lowest BCUT2D eigenvalue weighted by atomic mass is 9.79. The van der Waals surface area contributed by atoms with Crippen molar-refractivity contribution in [3.05, 3.63) is 35.0 Å². The second-order valence-corrected chi connectivity index (χ2v) is 7.44. The van der Waals surface area contributed by atoms with Crippen LogP contribution in [0.3, 0.4) is 0 Å². The molecule has 0 spiro atoms. The van der Waals surface area contributed by atoms with Crippen molar-refractivity contribution in [2.75, 3.05) is 33.3 Å². The van der Waals surface area contributed by atoms with Crippen LogP contribution in [-0.4, -0.2) is 49.3 Å². The molecule has 2 bridgehead atoms. The second-order valence-electron chi connectivity index (χ2n) is 7.03. The van der Waals surface area contributed by atoms with E-state index in [2.05, 4.69) is 15.4 Å². The summed E-state index contributed by atoms with van der Waals surface area (Å²) in [5, 5.41) is 7.52. The number of methoxy groups -OCH3 is 1. The summed E-state index contributed by atoms with van der Waals surface area (Å²) in [4.78, 5) is 14.9. The highest BCUT2D eigenvalue weighted by Gasteiger charge is 2.34. The number of nitrogens with zero attached hydrogens (tertiary/aromatic N) is 2. The molecule has 3 fully saturated rings. The molecule has 26 heavy (non-hydrogen) atoms. The van der Waals surface area contributed by atoms with E-state index < -0.39 is 0 Å². The predicted molar refractivity (Wildman–Crippen MR) is 98.5 cm³/mol. The van der Waals surface area contributed by atoms with Crippen LogP contribution in [0.1, 0.15) is 23.4 Å². The topological polar surface area (TPSA) is 67.6 Å². The summed E-state index contributed by atoms with van der Waals surface area (Å²) in [5.41, 5.74) is 1.19. The Morgan fingerprint density at radius 2 is 2.19 bits per heavy atom. The SMILES string of the molecule is COc1ccc(Cl)c(-c2cc(C(=O)NCC3CN4CCC3CC4)on2)c1. The third-order valence-electron chi connectivity index (χ3n) is 5.50. The van der Waals surface area contributed by atoms with Gasteiger partial charge in [-0.15, -0.1) is 0 Å². The first-order valence-electron chi connectivity index (χ1n) is 8.95. The largest absolute Gasteiger partial charge is 0.497 e. The number of fused-ring (bicyclic) bond motifs is 3. The third-order valence-corrected chi connectivity index (χ3v) is 5.83. The zero-order chi connectivity index (χ0) is 18.1. The fraction of sp³-hybridized carbons (Fsp3) is 0.474. The molecule has 0 aliphatic carbocycles. The molecule has 5 rings (SSSR count). The quantitative estimate of drug-likeness (QED) is 0.869. The molecule has 1 atom stereocenters. The molecule has 138 valence electrons. The predicted octanol–water partition coefficient (Wildman–Crippen LogP) is 3.08. The van der Waals surface area contributed by atoms with Gasteiger partial charge in [0.2, 0.25) is 5.76 Å². The van der Waals surface area contributed by atoms with Crippen LogP contribution in [0.4, 0.5) is 0 Å². The lowest BCUT2D eigenvalue weighted by Crippen LogP contribution is -2.50. The minimum Gasteiger partial charge on any atom is -0.497 e. The number of rotatable bonds is 5. The smallest absolute Gasteiger partial charge is 0.289 e. The van der Waals surface area contributed by atoms with Crippen LogP contribution in [0.2, 0.25) is 5.02 Å². The van der Waals surface area contributed by atoms with Crippen molar-refractivity contribution in [2.45, 2.75) is 12.8 Å². The van der Waals surface area contributed by atoms with E-state index in [9.17, 15) is 4.79 Å². The molecular weight excluding hydrogens is 354 g/mol. The van der Waals surface area contributed by atoms with Gasteiger partial charge in [-0.1, -0.05) is 16.8 Å². The first-order chi connectivity index (χ1) is 12.6. The maximum absolute atomic E-state index is 12.4. The van der Waals surface area contributed by atoms with Gasteiger partial charge < -0.3 is 19.5 Å². The Hall–Kier alpha value is -2.05. The van der Waals surface area contributed by atoms with Crippen molar-refractivity contribution >= 4 is 17.5 Å². The maximum atomic E-state index is 12.4. The monoisotopic (exact) mass is 375 g/mol. The Balaban J connectivity index is 1.42. The van der Waals surface area contributed by atoms with Gasteiger partial charge in [-0.25, -0.2) is 0 Å². The molecule has 6 nitrogen and oxygen atoms in total. The van der Waals surface area contributed by atoms with E-state index in [0.29, 0.717) is 34.5 Å². The standard InChI is InChI=1S/C19H22ClN3O3/c1-25-14-2-3-16(20)15(8-14)17-9-18(26-22-17)19(24)21-10-13-11-23-6-4-12(13)5-7-23/h2-3,8-9,12-13H,4-7,10-11H2,1H3,(H,21,24). The minimum atomic E-state index is -0.237. The number of carbonyl (C=O) groups excluding carboxylic acids is 1. The second kappa shape index (κ2) is 7.29. The Bertz CT molecular complexity index is 799. The van der Waals surface area contributed by atoms with E-state index in [1.54, 1.807) is 31.4 Å². The lowest BCUT2D eigenvalue weighted by molar-refractivity contribution is 0.0491. The van der Waals surface area contributed by atoms with Crippen molar-refractivity contribution in [3.63, 3.8) is 0 Å². The summed E-state index contributed by atoms with van der Waals surface area (Å²) in [5.74, 6) is 1.87. The Labute approximate surface area is 157 Å². The molecular formula is C19H22ClN3O3. The van der Waals surface area contributed by atoms with Crippen molar-refractivity contribution in [3.8, 4) is 17.0 Å². The van der Waals surface area contributed by atoms with E-state index in [-0.39, 0.29) is 11.7 Å². The molecule has 0 radical (unpaired) electrons. The van der Waals surface area contributed by atoms with Crippen LogP contribution >= 0.6 is 11.6 Å². The van der Waals surface area contributed by atoms with Gasteiger partial charge in [0.25, 0.3) is 5.91 Å². The van der Waals surface area contributed by atoms with E-state index >= 15 is 0 Å². The summed E-state index contributed by atoms with van der Waals surface area (Å²) in [6, 6.07) is 6.90.